The lowest BCUT2D eigenvalue weighted by Crippen LogP contribution is -2.38. The van der Waals surface area contributed by atoms with Crippen molar-refractivity contribution in [2.75, 3.05) is 13.7 Å². The molecule has 0 saturated heterocycles. The number of nitrogens with one attached hydrogen (secondary N) is 1. The van der Waals surface area contributed by atoms with Crippen LogP contribution in [0.2, 0.25) is 0 Å². The molecule has 0 aliphatic carbocycles. The number of nitrogens with zero attached hydrogens (tertiary/aromatic N) is 3. The third kappa shape index (κ3) is 4.68. The van der Waals surface area contributed by atoms with Crippen molar-refractivity contribution in [2.24, 2.45) is 13.0 Å². The Balaban J connectivity index is 1.93. The minimum Gasteiger partial charge on any atom is -0.469 e. The maximum Gasteiger partial charge on any atom is 0.310 e. The van der Waals surface area contributed by atoms with Crippen LogP contribution < -0.4 is 5.56 Å². The van der Waals surface area contributed by atoms with Gasteiger partial charge in [-0.25, -0.2) is 4.98 Å². The molecular formula is C23H28N4O4. The zero-order valence-corrected chi connectivity index (χ0v) is 18.6. The van der Waals surface area contributed by atoms with Gasteiger partial charge in [0.05, 0.1) is 24.8 Å². The first kappa shape index (κ1) is 22.3. The number of fused-ring (bicyclic) bond motifs is 1. The summed E-state index contributed by atoms with van der Waals surface area (Å²) in [5, 5.41) is 3.21. The number of aryl methyl sites for hydroxylation is 3. The van der Waals surface area contributed by atoms with E-state index in [1.807, 2.05) is 44.2 Å². The number of aromatic amines is 1. The number of ether oxygens (including phenoxy) is 1. The highest BCUT2D eigenvalue weighted by Gasteiger charge is 2.24. The van der Waals surface area contributed by atoms with Gasteiger partial charge in [-0.05, 0) is 30.5 Å². The standard InChI is InChI=1S/C23H28N4O4/c1-14(23(30)31-5)12-27(13-17-9-7-6-8-10-17)19(28)11-18-15(2)20-21(24-16(18)3)26(4)25-22(20)29/h6-10,14H,11-13H2,1-5H3,(H,25,29). The fourth-order valence-corrected chi connectivity index (χ4v) is 3.84. The topological polar surface area (TPSA) is 97.3 Å². The number of H-pyrrole nitrogens is 1. The zero-order valence-electron chi connectivity index (χ0n) is 18.6. The molecule has 0 saturated carbocycles. The first-order valence-corrected chi connectivity index (χ1v) is 10.2. The van der Waals surface area contributed by atoms with E-state index in [1.165, 1.54) is 7.11 Å². The van der Waals surface area contributed by atoms with Crippen LogP contribution in [0, 0.1) is 19.8 Å². The van der Waals surface area contributed by atoms with Gasteiger partial charge in [0.1, 0.15) is 0 Å². The van der Waals surface area contributed by atoms with E-state index in [0.29, 0.717) is 23.3 Å². The molecule has 0 spiro atoms. The molecule has 1 N–H and O–H groups in total. The number of pyridine rings is 1. The summed E-state index contributed by atoms with van der Waals surface area (Å²) >= 11 is 0. The smallest absolute Gasteiger partial charge is 0.310 e. The highest BCUT2D eigenvalue weighted by atomic mass is 16.5. The van der Waals surface area contributed by atoms with Gasteiger partial charge in [0.25, 0.3) is 5.56 Å². The quantitative estimate of drug-likeness (QED) is 0.587. The van der Waals surface area contributed by atoms with Gasteiger partial charge in [0, 0.05) is 25.8 Å². The summed E-state index contributed by atoms with van der Waals surface area (Å²) < 4.78 is 6.42. The number of aromatic nitrogens is 3. The number of methoxy groups -OCH3 is 1. The Bertz CT molecular complexity index is 1160. The molecule has 164 valence electrons. The zero-order chi connectivity index (χ0) is 22.7. The van der Waals surface area contributed by atoms with Crippen molar-refractivity contribution in [2.45, 2.75) is 33.7 Å². The van der Waals surface area contributed by atoms with E-state index in [1.54, 1.807) is 23.6 Å². The molecule has 8 nitrogen and oxygen atoms in total. The number of rotatable bonds is 7. The summed E-state index contributed by atoms with van der Waals surface area (Å²) in [7, 11) is 3.07. The van der Waals surface area contributed by atoms with Crippen molar-refractivity contribution < 1.29 is 14.3 Å². The predicted octanol–water partition coefficient (Wildman–Crippen LogP) is 2.26. The minimum absolute atomic E-state index is 0.0929. The summed E-state index contributed by atoms with van der Waals surface area (Å²) in [6.45, 7) is 6.03. The molecule has 0 fully saturated rings. The van der Waals surface area contributed by atoms with Crippen LogP contribution in [-0.4, -0.2) is 45.2 Å². The van der Waals surface area contributed by atoms with E-state index in [0.717, 1.165) is 16.7 Å². The fraction of sp³-hybridized carbons (Fsp3) is 0.391. The second kappa shape index (κ2) is 9.16. The molecule has 2 heterocycles. The molecule has 0 aliphatic rings. The van der Waals surface area contributed by atoms with Crippen LogP contribution in [0.25, 0.3) is 11.0 Å². The van der Waals surface area contributed by atoms with E-state index in [9.17, 15) is 14.4 Å². The number of esters is 1. The minimum atomic E-state index is -0.461. The third-order valence-electron chi connectivity index (χ3n) is 5.57. The van der Waals surface area contributed by atoms with E-state index in [4.69, 9.17) is 4.74 Å². The Morgan fingerprint density at radius 2 is 1.90 bits per heavy atom. The summed E-state index contributed by atoms with van der Waals surface area (Å²) in [5.74, 6) is -0.964. The lowest BCUT2D eigenvalue weighted by molar-refractivity contribution is -0.146. The maximum absolute atomic E-state index is 13.3. The van der Waals surface area contributed by atoms with Crippen molar-refractivity contribution in [3.05, 3.63) is 63.1 Å². The highest BCUT2D eigenvalue weighted by molar-refractivity contribution is 5.85. The van der Waals surface area contributed by atoms with Gasteiger partial charge < -0.3 is 9.64 Å². The van der Waals surface area contributed by atoms with E-state index in [-0.39, 0.29) is 30.4 Å². The lowest BCUT2D eigenvalue weighted by Gasteiger charge is -2.26. The van der Waals surface area contributed by atoms with Crippen molar-refractivity contribution in [3.8, 4) is 0 Å². The monoisotopic (exact) mass is 424 g/mol. The van der Waals surface area contributed by atoms with Gasteiger partial charge in [0.15, 0.2) is 5.65 Å². The van der Waals surface area contributed by atoms with Crippen LogP contribution in [0.3, 0.4) is 0 Å². The molecular weight excluding hydrogens is 396 g/mol. The summed E-state index contributed by atoms with van der Waals surface area (Å²) in [5.41, 5.74) is 3.49. The van der Waals surface area contributed by atoms with E-state index >= 15 is 0 Å². The lowest BCUT2D eigenvalue weighted by atomic mass is 10.0. The van der Waals surface area contributed by atoms with Crippen LogP contribution in [0.15, 0.2) is 35.1 Å². The molecule has 1 aromatic carbocycles. The van der Waals surface area contributed by atoms with Gasteiger partial charge >= 0.3 is 5.97 Å². The molecule has 1 amide bonds. The SMILES string of the molecule is COC(=O)C(C)CN(Cc1ccccc1)C(=O)Cc1c(C)nc2c(c1C)c(=O)[nH]n2C. The average Bonchev–Trinajstić information content (AvgIpc) is 3.03. The van der Waals surface area contributed by atoms with E-state index < -0.39 is 5.92 Å². The number of amides is 1. The van der Waals surface area contributed by atoms with Crippen molar-refractivity contribution in [3.63, 3.8) is 0 Å². The second-order valence-corrected chi connectivity index (χ2v) is 7.86. The van der Waals surface area contributed by atoms with Gasteiger partial charge in [-0.2, -0.15) is 0 Å². The van der Waals surface area contributed by atoms with Gasteiger partial charge in [-0.3, -0.25) is 24.2 Å². The average molecular weight is 425 g/mol. The Hall–Kier alpha value is -3.42. The number of carbonyl (C=O) groups excluding carboxylic acids is 2. The van der Waals surface area contributed by atoms with Crippen LogP contribution in [0.5, 0.6) is 0 Å². The Morgan fingerprint density at radius 1 is 1.23 bits per heavy atom. The van der Waals surface area contributed by atoms with E-state index in [2.05, 4.69) is 10.1 Å². The van der Waals surface area contributed by atoms with Gasteiger partial charge in [-0.15, -0.1) is 0 Å². The van der Waals surface area contributed by atoms with Crippen LogP contribution in [0.1, 0.15) is 29.3 Å². The molecule has 8 heteroatoms. The molecule has 0 bridgehead atoms. The largest absolute Gasteiger partial charge is 0.469 e. The Kier molecular flexibility index (Phi) is 6.58. The molecule has 2 aromatic heterocycles. The molecule has 1 atom stereocenters. The Labute approximate surface area is 180 Å². The number of hydrogen-bond acceptors (Lipinski definition) is 5. The first-order valence-electron chi connectivity index (χ1n) is 10.2. The fourth-order valence-electron chi connectivity index (χ4n) is 3.84. The highest BCUT2D eigenvalue weighted by Crippen LogP contribution is 2.21. The summed E-state index contributed by atoms with van der Waals surface area (Å²) in [4.78, 5) is 43.9. The second-order valence-electron chi connectivity index (χ2n) is 7.86. The summed E-state index contributed by atoms with van der Waals surface area (Å²) in [6, 6.07) is 9.62. The molecule has 0 radical (unpaired) electrons. The number of carbonyl (C=O) groups is 2. The van der Waals surface area contributed by atoms with Crippen LogP contribution in [0.4, 0.5) is 0 Å². The van der Waals surface area contributed by atoms with Gasteiger partial charge in [-0.1, -0.05) is 37.3 Å². The maximum atomic E-state index is 13.3. The third-order valence-corrected chi connectivity index (χ3v) is 5.57. The number of hydrogen-bond donors (Lipinski definition) is 1. The molecule has 3 rings (SSSR count). The predicted molar refractivity (Wildman–Crippen MR) is 118 cm³/mol. The van der Waals surface area contributed by atoms with Gasteiger partial charge in [0.2, 0.25) is 5.91 Å². The first-order chi connectivity index (χ1) is 14.7. The Morgan fingerprint density at radius 3 is 2.55 bits per heavy atom. The van der Waals surface area contributed by atoms with Crippen molar-refractivity contribution >= 4 is 22.9 Å². The molecule has 1 unspecified atom stereocenters. The molecule has 31 heavy (non-hydrogen) atoms. The van der Waals surface area contributed by atoms with Crippen molar-refractivity contribution in [1.29, 1.82) is 0 Å². The van der Waals surface area contributed by atoms with Crippen LogP contribution >= 0.6 is 0 Å². The molecule has 0 aliphatic heterocycles. The van der Waals surface area contributed by atoms with Crippen LogP contribution in [-0.2, 0) is 34.3 Å². The normalized spacial score (nSPS) is 12.0. The number of benzene rings is 1. The summed E-state index contributed by atoms with van der Waals surface area (Å²) in [6.07, 6.45) is 0.0929. The molecule has 3 aromatic rings. The van der Waals surface area contributed by atoms with Crippen molar-refractivity contribution in [1.82, 2.24) is 19.7 Å².